The van der Waals surface area contributed by atoms with E-state index in [2.05, 4.69) is 13.8 Å². The monoisotopic (exact) mass is 340 g/mol. The van der Waals surface area contributed by atoms with Crippen LogP contribution in [0.4, 0.5) is 0 Å². The van der Waals surface area contributed by atoms with E-state index in [0.29, 0.717) is 0 Å². The van der Waals surface area contributed by atoms with E-state index in [1.54, 1.807) is 0 Å². The van der Waals surface area contributed by atoms with Crippen molar-refractivity contribution in [1.29, 1.82) is 0 Å². The molecule has 2 heteroatoms. The predicted octanol–water partition coefficient (Wildman–Crippen LogP) is 7.85. The van der Waals surface area contributed by atoms with Crippen molar-refractivity contribution in [3.8, 4) is 0 Å². The minimum Gasteiger partial charge on any atom is -0.785 e. The van der Waals surface area contributed by atoms with Crippen molar-refractivity contribution in [3.63, 3.8) is 0 Å². The number of nitrogens with zero attached hydrogens (tertiary/aromatic N) is 1. The zero-order chi connectivity index (χ0) is 17.7. The maximum Gasteiger partial charge on any atom is -0.0145 e. The summed E-state index contributed by atoms with van der Waals surface area (Å²) in [5, 5.41) is 13.1. The zero-order valence-electron chi connectivity index (χ0n) is 17.0. The molecule has 0 bridgehead atoms. The summed E-state index contributed by atoms with van der Waals surface area (Å²) in [5.74, 6) is 0. The van der Waals surface area contributed by atoms with E-state index in [1.165, 1.54) is 108 Å². The highest BCUT2D eigenvalue weighted by Crippen LogP contribution is 2.11. The fraction of sp³-hybridized carbons (Fsp3) is 1.00. The lowest BCUT2D eigenvalue weighted by Gasteiger charge is -2.27. The lowest BCUT2D eigenvalue weighted by molar-refractivity contribution is 0.350. The van der Waals surface area contributed by atoms with Gasteiger partial charge in [-0.2, -0.15) is 0 Å². The third kappa shape index (κ3) is 20.0. The maximum atomic E-state index is 11.8. The highest BCUT2D eigenvalue weighted by molar-refractivity contribution is 4.58. The first-order valence-corrected chi connectivity index (χ1v) is 11.2. The second kappa shape index (κ2) is 21.0. The van der Waals surface area contributed by atoms with Gasteiger partial charge >= 0.3 is 0 Å². The van der Waals surface area contributed by atoms with E-state index < -0.39 is 0 Å². The van der Waals surface area contributed by atoms with E-state index in [-0.39, 0.29) is 0 Å². The van der Waals surface area contributed by atoms with Gasteiger partial charge < -0.3 is 10.3 Å². The fourth-order valence-corrected chi connectivity index (χ4v) is 3.31. The Bertz CT molecular complexity index is 220. The molecule has 0 aliphatic heterocycles. The zero-order valence-corrected chi connectivity index (χ0v) is 17.0. The standard InChI is InChI=1S/C22H46NO/c1-3-5-7-9-11-13-14-16-18-20-22-23(24)21-19-17-15-12-10-8-6-4-2/h3-22H2,1-2H3/q-1. The van der Waals surface area contributed by atoms with E-state index in [0.717, 1.165) is 25.9 Å². The molecule has 0 heterocycles. The fourth-order valence-electron chi connectivity index (χ4n) is 3.31. The molecule has 2 nitrogen and oxygen atoms in total. The van der Waals surface area contributed by atoms with Crippen LogP contribution in [0, 0.1) is 5.21 Å². The highest BCUT2D eigenvalue weighted by atomic mass is 16.5. The lowest BCUT2D eigenvalue weighted by atomic mass is 10.1. The Morgan fingerprint density at radius 2 is 0.667 bits per heavy atom. The number of hydrogen-bond donors (Lipinski definition) is 0. The van der Waals surface area contributed by atoms with Crippen LogP contribution in [0.2, 0.25) is 0 Å². The summed E-state index contributed by atoms with van der Waals surface area (Å²) in [6.45, 7) is 6.05. The molecule has 0 aromatic rings. The van der Waals surface area contributed by atoms with Crippen LogP contribution in [0.3, 0.4) is 0 Å². The Kier molecular flexibility index (Phi) is 20.9. The number of unbranched alkanes of at least 4 members (excludes halogenated alkanes) is 16. The minimum atomic E-state index is 0.756. The second-order valence-corrected chi connectivity index (χ2v) is 7.59. The molecule has 0 atom stereocenters. The molecule has 0 radical (unpaired) electrons. The number of hydrogen-bond acceptors (Lipinski definition) is 2. The number of rotatable bonds is 20. The average Bonchev–Trinajstić information content (AvgIpc) is 2.59. The Balaban J connectivity index is 3.11. The Morgan fingerprint density at radius 3 is 0.958 bits per heavy atom. The van der Waals surface area contributed by atoms with Crippen LogP contribution < -0.4 is 0 Å². The first-order valence-electron chi connectivity index (χ1n) is 11.2. The Hall–Kier alpha value is -0.0800. The van der Waals surface area contributed by atoms with Gasteiger partial charge in [-0.3, -0.25) is 0 Å². The third-order valence-corrected chi connectivity index (χ3v) is 5.02. The third-order valence-electron chi connectivity index (χ3n) is 5.02. The van der Waals surface area contributed by atoms with Gasteiger partial charge in [-0.05, 0) is 25.9 Å². The molecule has 0 aliphatic rings. The van der Waals surface area contributed by atoms with Gasteiger partial charge in [0.2, 0.25) is 0 Å². The van der Waals surface area contributed by atoms with Gasteiger partial charge in [0, 0.05) is 0 Å². The van der Waals surface area contributed by atoms with Gasteiger partial charge in [-0.25, -0.2) is 0 Å². The van der Waals surface area contributed by atoms with E-state index >= 15 is 0 Å². The minimum absolute atomic E-state index is 0.756. The van der Waals surface area contributed by atoms with Gasteiger partial charge in [0.05, 0.1) is 0 Å². The lowest BCUT2D eigenvalue weighted by Crippen LogP contribution is -2.18. The van der Waals surface area contributed by atoms with Gasteiger partial charge in [0.25, 0.3) is 0 Å². The highest BCUT2D eigenvalue weighted by Gasteiger charge is 1.96. The molecule has 0 amide bonds. The molecule has 0 fully saturated rings. The summed E-state index contributed by atoms with van der Waals surface area (Å²) in [4.78, 5) is 0. The van der Waals surface area contributed by atoms with Crippen molar-refractivity contribution < 1.29 is 0 Å². The molecule has 0 saturated carbocycles. The largest absolute Gasteiger partial charge is 0.785 e. The van der Waals surface area contributed by atoms with E-state index in [1.807, 2.05) is 0 Å². The molecule has 0 aromatic heterocycles. The van der Waals surface area contributed by atoms with Crippen molar-refractivity contribution in [3.05, 3.63) is 5.21 Å². The van der Waals surface area contributed by atoms with Gasteiger partial charge in [-0.1, -0.05) is 117 Å². The molecule has 0 unspecified atom stereocenters. The van der Waals surface area contributed by atoms with Crippen molar-refractivity contribution >= 4 is 0 Å². The molecule has 0 aliphatic carbocycles. The molecule has 0 saturated heterocycles. The summed E-state index contributed by atoms with van der Waals surface area (Å²) in [6, 6.07) is 0. The summed E-state index contributed by atoms with van der Waals surface area (Å²) in [6.07, 6.45) is 23.9. The first-order chi connectivity index (χ1) is 11.8. The molecule has 0 rings (SSSR count). The quantitative estimate of drug-likeness (QED) is 0.167. The van der Waals surface area contributed by atoms with Crippen LogP contribution in [0.5, 0.6) is 0 Å². The van der Waals surface area contributed by atoms with Crippen LogP contribution in [-0.2, 0) is 0 Å². The predicted molar refractivity (Wildman–Crippen MR) is 109 cm³/mol. The van der Waals surface area contributed by atoms with Gasteiger partial charge in [0.15, 0.2) is 0 Å². The topological polar surface area (TPSA) is 26.3 Å². The summed E-state index contributed by atoms with van der Waals surface area (Å²) >= 11 is 0. The maximum absolute atomic E-state index is 11.8. The van der Waals surface area contributed by atoms with Gasteiger partial charge in [-0.15, -0.1) is 0 Å². The summed E-state index contributed by atoms with van der Waals surface area (Å²) in [7, 11) is 0. The molecular formula is C22H46NO-. The molecule has 146 valence electrons. The normalized spacial score (nSPS) is 11.5. The first kappa shape index (κ1) is 23.9. The molecule has 0 aromatic carbocycles. The van der Waals surface area contributed by atoms with E-state index in [9.17, 15) is 5.21 Å². The molecule has 0 N–H and O–H groups in total. The van der Waals surface area contributed by atoms with Crippen LogP contribution in [0.25, 0.3) is 0 Å². The summed E-state index contributed by atoms with van der Waals surface area (Å²) in [5.41, 5.74) is 0. The summed E-state index contributed by atoms with van der Waals surface area (Å²) < 4.78 is 0. The van der Waals surface area contributed by atoms with Crippen LogP contribution in [0.1, 0.15) is 129 Å². The second-order valence-electron chi connectivity index (χ2n) is 7.59. The van der Waals surface area contributed by atoms with Gasteiger partial charge in [0.1, 0.15) is 0 Å². The van der Waals surface area contributed by atoms with Crippen molar-refractivity contribution in [2.24, 2.45) is 0 Å². The average molecular weight is 341 g/mol. The van der Waals surface area contributed by atoms with Crippen LogP contribution in [-0.4, -0.2) is 18.2 Å². The number of hydroxylamine groups is 2. The Labute approximate surface area is 153 Å². The smallest absolute Gasteiger partial charge is 0.0145 e. The molecule has 0 spiro atoms. The van der Waals surface area contributed by atoms with Crippen LogP contribution >= 0.6 is 0 Å². The van der Waals surface area contributed by atoms with E-state index in [4.69, 9.17) is 0 Å². The molecular weight excluding hydrogens is 294 g/mol. The van der Waals surface area contributed by atoms with Crippen LogP contribution in [0.15, 0.2) is 0 Å². The van der Waals surface area contributed by atoms with Crippen molar-refractivity contribution in [2.45, 2.75) is 129 Å². The van der Waals surface area contributed by atoms with Crippen molar-refractivity contribution in [1.82, 2.24) is 5.06 Å². The Morgan fingerprint density at radius 1 is 0.417 bits per heavy atom. The molecule has 24 heavy (non-hydrogen) atoms. The SMILES string of the molecule is CCCCCCCCCCCCN([O-])CCCCCCCCCC. The van der Waals surface area contributed by atoms with Crippen molar-refractivity contribution in [2.75, 3.05) is 13.1 Å².